The Labute approximate surface area is 209 Å². The molecule has 186 valence electrons. The molecule has 0 aromatic heterocycles. The zero-order chi connectivity index (χ0) is 25.8. The summed E-state index contributed by atoms with van der Waals surface area (Å²) in [7, 11) is 3.98. The minimum absolute atomic E-state index is 0.0523. The van der Waals surface area contributed by atoms with E-state index in [-0.39, 0.29) is 11.5 Å². The summed E-state index contributed by atoms with van der Waals surface area (Å²) in [5, 5.41) is 5.94. The fourth-order valence-electron chi connectivity index (χ4n) is 4.20. The van der Waals surface area contributed by atoms with Crippen LogP contribution in [0.2, 0.25) is 0 Å². The van der Waals surface area contributed by atoms with Crippen LogP contribution >= 0.6 is 0 Å². The van der Waals surface area contributed by atoms with Crippen molar-refractivity contribution in [1.29, 1.82) is 0 Å². The third-order valence-electron chi connectivity index (χ3n) is 5.90. The molecule has 3 aromatic rings. The maximum absolute atomic E-state index is 14.1. The van der Waals surface area contributed by atoms with Gasteiger partial charge in [-0.25, -0.2) is 8.78 Å². The predicted octanol–water partition coefficient (Wildman–Crippen LogP) is 5.20. The van der Waals surface area contributed by atoms with E-state index in [1.165, 1.54) is 37.3 Å². The summed E-state index contributed by atoms with van der Waals surface area (Å²) < 4.78 is 27.9. The molecule has 2 N–H and O–H groups in total. The highest BCUT2D eigenvalue weighted by Crippen LogP contribution is 2.38. The molecule has 0 saturated heterocycles. The zero-order valence-electron chi connectivity index (χ0n) is 20.4. The number of anilines is 3. The van der Waals surface area contributed by atoms with E-state index in [2.05, 4.69) is 15.5 Å². The first-order valence-corrected chi connectivity index (χ1v) is 11.6. The summed E-state index contributed by atoms with van der Waals surface area (Å²) in [5.41, 5.74) is 3.42. The van der Waals surface area contributed by atoms with Crippen molar-refractivity contribution in [2.45, 2.75) is 13.3 Å². The van der Waals surface area contributed by atoms with Crippen LogP contribution in [0.4, 0.5) is 25.8 Å². The van der Waals surface area contributed by atoms with Gasteiger partial charge in [0.2, 0.25) is 5.91 Å². The number of hydrogen-bond donors (Lipinski definition) is 2. The fraction of sp³-hybridized carbons (Fsp3) is 0.214. The lowest BCUT2D eigenvalue weighted by Crippen LogP contribution is -2.31. The Morgan fingerprint density at radius 3 is 2.33 bits per heavy atom. The summed E-state index contributed by atoms with van der Waals surface area (Å²) in [6.45, 7) is 2.99. The Morgan fingerprint density at radius 2 is 1.67 bits per heavy atom. The Balaban J connectivity index is 1.69. The second-order valence-electron chi connectivity index (χ2n) is 8.90. The lowest BCUT2D eigenvalue weighted by molar-refractivity contribution is -0.116. The molecule has 0 saturated carbocycles. The Bertz CT molecular complexity index is 1320. The lowest BCUT2D eigenvalue weighted by atomic mass is 10.00. The van der Waals surface area contributed by atoms with Crippen molar-refractivity contribution >= 4 is 40.1 Å². The maximum atomic E-state index is 14.1. The molecule has 1 aliphatic heterocycles. The smallest absolute Gasteiger partial charge is 0.258 e. The molecule has 1 heterocycles. The van der Waals surface area contributed by atoms with E-state index in [1.807, 2.05) is 26.2 Å². The van der Waals surface area contributed by atoms with Gasteiger partial charge in [-0.05, 0) is 81.7 Å². The molecule has 6 nitrogen and oxygen atoms in total. The fourth-order valence-corrected chi connectivity index (χ4v) is 4.20. The van der Waals surface area contributed by atoms with Crippen LogP contribution in [0.5, 0.6) is 0 Å². The molecule has 3 aromatic carbocycles. The van der Waals surface area contributed by atoms with Crippen LogP contribution in [0.15, 0.2) is 66.7 Å². The summed E-state index contributed by atoms with van der Waals surface area (Å²) in [4.78, 5) is 28.9. The quantitative estimate of drug-likeness (QED) is 0.426. The van der Waals surface area contributed by atoms with Gasteiger partial charge in [0.15, 0.2) is 0 Å². The number of rotatable bonds is 8. The second-order valence-corrected chi connectivity index (χ2v) is 8.90. The highest BCUT2D eigenvalue weighted by molar-refractivity contribution is 6.37. The Kier molecular flexibility index (Phi) is 7.45. The topological polar surface area (TPSA) is 64.7 Å². The van der Waals surface area contributed by atoms with Crippen LogP contribution in [0.25, 0.3) is 11.3 Å². The van der Waals surface area contributed by atoms with Crippen LogP contribution in [0, 0.1) is 11.6 Å². The van der Waals surface area contributed by atoms with Crippen molar-refractivity contribution in [2.75, 3.05) is 42.7 Å². The molecule has 0 atom stereocenters. The van der Waals surface area contributed by atoms with Crippen molar-refractivity contribution in [3.63, 3.8) is 0 Å². The van der Waals surface area contributed by atoms with Gasteiger partial charge in [0.25, 0.3) is 5.91 Å². The summed E-state index contributed by atoms with van der Waals surface area (Å²) in [5.74, 6) is -1.38. The second kappa shape index (κ2) is 10.7. The van der Waals surface area contributed by atoms with E-state index in [9.17, 15) is 18.4 Å². The standard InChI is InChI=1S/C28H28F2N4O2/c1-18(35)34(15-5-14-33(2)3)23-11-9-22(10-12-23)31-27(19-6-4-7-20(29)16-19)26-24-13-8-21(30)17-25(24)32-28(26)36/h4,6-13,16-17,31H,5,14-15H2,1-3H3,(H,32,36)/b27-26-. The molecule has 0 radical (unpaired) electrons. The third-order valence-corrected chi connectivity index (χ3v) is 5.90. The van der Waals surface area contributed by atoms with Gasteiger partial charge in [-0.15, -0.1) is 0 Å². The largest absolute Gasteiger partial charge is 0.354 e. The number of amides is 2. The van der Waals surface area contributed by atoms with E-state index in [1.54, 1.807) is 29.2 Å². The van der Waals surface area contributed by atoms with Gasteiger partial charge in [0.1, 0.15) is 11.6 Å². The molecule has 36 heavy (non-hydrogen) atoms. The molecule has 0 unspecified atom stereocenters. The van der Waals surface area contributed by atoms with Gasteiger partial charge in [-0.3, -0.25) is 9.59 Å². The van der Waals surface area contributed by atoms with Gasteiger partial charge >= 0.3 is 0 Å². The van der Waals surface area contributed by atoms with E-state index in [4.69, 9.17) is 0 Å². The number of carbonyl (C=O) groups is 2. The van der Waals surface area contributed by atoms with E-state index >= 15 is 0 Å². The minimum Gasteiger partial charge on any atom is -0.354 e. The van der Waals surface area contributed by atoms with Crippen LogP contribution < -0.4 is 15.5 Å². The maximum Gasteiger partial charge on any atom is 0.258 e. The van der Waals surface area contributed by atoms with Crippen molar-refractivity contribution in [3.05, 3.63) is 89.5 Å². The first-order valence-electron chi connectivity index (χ1n) is 11.6. The highest BCUT2D eigenvalue weighted by atomic mass is 19.1. The summed E-state index contributed by atoms with van der Waals surface area (Å²) in [6, 6.07) is 17.2. The van der Waals surface area contributed by atoms with Crippen molar-refractivity contribution in [1.82, 2.24) is 4.90 Å². The average molecular weight is 491 g/mol. The normalized spacial score (nSPS) is 13.9. The number of halogens is 2. The lowest BCUT2D eigenvalue weighted by Gasteiger charge is -2.23. The number of carbonyl (C=O) groups excluding carboxylic acids is 2. The van der Waals surface area contributed by atoms with Crippen LogP contribution in [-0.2, 0) is 9.59 Å². The van der Waals surface area contributed by atoms with Crippen LogP contribution in [0.3, 0.4) is 0 Å². The summed E-state index contributed by atoms with van der Waals surface area (Å²) >= 11 is 0. The number of fused-ring (bicyclic) bond motifs is 1. The molecule has 8 heteroatoms. The molecule has 0 spiro atoms. The van der Waals surface area contributed by atoms with E-state index in [0.29, 0.717) is 34.7 Å². The Morgan fingerprint density at radius 1 is 0.944 bits per heavy atom. The molecule has 1 aliphatic rings. The monoisotopic (exact) mass is 490 g/mol. The molecule has 4 rings (SSSR count). The number of nitrogens with one attached hydrogen (secondary N) is 2. The first kappa shape index (κ1) is 25.1. The van der Waals surface area contributed by atoms with Gasteiger partial charge in [-0.2, -0.15) is 0 Å². The highest BCUT2D eigenvalue weighted by Gasteiger charge is 2.29. The van der Waals surface area contributed by atoms with Gasteiger partial charge in [-0.1, -0.05) is 12.1 Å². The molecule has 0 bridgehead atoms. The number of benzene rings is 3. The summed E-state index contributed by atoms with van der Waals surface area (Å²) in [6.07, 6.45) is 0.831. The SMILES string of the molecule is CC(=O)N(CCCN(C)C)c1ccc(N/C(=C2\C(=O)Nc3cc(F)ccc32)c2cccc(F)c2)cc1. The Hall–Kier alpha value is -4.04. The molecule has 0 aliphatic carbocycles. The average Bonchev–Trinajstić information content (AvgIpc) is 3.15. The van der Waals surface area contributed by atoms with Crippen LogP contribution in [-0.4, -0.2) is 43.9 Å². The zero-order valence-corrected chi connectivity index (χ0v) is 20.4. The molecular weight excluding hydrogens is 462 g/mol. The van der Waals surface area contributed by atoms with Crippen molar-refractivity contribution in [2.24, 2.45) is 0 Å². The minimum atomic E-state index is -0.466. The molecule has 0 fully saturated rings. The molecular formula is C28H28F2N4O2. The van der Waals surface area contributed by atoms with Gasteiger partial charge < -0.3 is 20.4 Å². The van der Waals surface area contributed by atoms with E-state index in [0.717, 1.165) is 18.7 Å². The van der Waals surface area contributed by atoms with Gasteiger partial charge in [0.05, 0.1) is 17.0 Å². The van der Waals surface area contributed by atoms with Crippen molar-refractivity contribution in [3.8, 4) is 0 Å². The third kappa shape index (κ3) is 5.60. The molecule has 2 amide bonds. The van der Waals surface area contributed by atoms with Gasteiger partial charge in [0, 0.05) is 36.0 Å². The van der Waals surface area contributed by atoms with Crippen LogP contribution in [0.1, 0.15) is 24.5 Å². The predicted molar refractivity (Wildman–Crippen MR) is 140 cm³/mol. The van der Waals surface area contributed by atoms with E-state index < -0.39 is 17.5 Å². The number of nitrogens with zero attached hydrogens (tertiary/aromatic N) is 2. The number of hydrogen-bond acceptors (Lipinski definition) is 4. The first-order chi connectivity index (χ1) is 17.2. The van der Waals surface area contributed by atoms with Crippen molar-refractivity contribution < 1.29 is 18.4 Å².